The number of rotatable bonds is 4. The van der Waals surface area contributed by atoms with Gasteiger partial charge in [-0.25, -0.2) is 13.2 Å². The molecule has 2 aromatic rings. The van der Waals surface area contributed by atoms with Crippen LogP contribution in [0.2, 0.25) is 0 Å². The molecule has 0 atom stereocenters. The number of esters is 1. The minimum Gasteiger partial charge on any atom is -0.497 e. The smallest absolute Gasteiger partial charge is 0.340 e. The molecule has 0 amide bonds. The van der Waals surface area contributed by atoms with E-state index < -0.39 is 16.0 Å². The number of sulfonamides is 1. The van der Waals surface area contributed by atoms with Gasteiger partial charge in [0, 0.05) is 13.0 Å². The standard InChI is InChI=1S/C18H19NO6S/c1-23-13-7-9-14(10-8-13)26(21,22)19-11-4-12-25-16-6-3-5-15(17(16)19)18(20)24-2/h3,5-10H,4,11-12H2,1-2H3. The van der Waals surface area contributed by atoms with E-state index in [0.29, 0.717) is 24.5 Å². The van der Waals surface area contributed by atoms with Gasteiger partial charge in [0.25, 0.3) is 10.0 Å². The third kappa shape index (κ3) is 3.20. The summed E-state index contributed by atoms with van der Waals surface area (Å²) in [7, 11) is -1.14. The van der Waals surface area contributed by atoms with E-state index >= 15 is 0 Å². The number of carbonyl (C=O) groups is 1. The maximum atomic E-state index is 13.2. The molecule has 0 bridgehead atoms. The normalized spacial score (nSPS) is 14.0. The second-order valence-electron chi connectivity index (χ2n) is 5.60. The molecule has 3 rings (SSSR count). The van der Waals surface area contributed by atoms with E-state index in [0.717, 1.165) is 0 Å². The highest BCUT2D eigenvalue weighted by atomic mass is 32.2. The van der Waals surface area contributed by atoms with Gasteiger partial charge < -0.3 is 14.2 Å². The van der Waals surface area contributed by atoms with Crippen molar-refractivity contribution in [2.75, 3.05) is 31.7 Å². The molecule has 0 aliphatic carbocycles. The molecule has 0 fully saturated rings. The van der Waals surface area contributed by atoms with E-state index in [2.05, 4.69) is 0 Å². The van der Waals surface area contributed by atoms with E-state index in [1.54, 1.807) is 24.3 Å². The van der Waals surface area contributed by atoms with Gasteiger partial charge in [-0.1, -0.05) is 6.07 Å². The van der Waals surface area contributed by atoms with E-state index in [9.17, 15) is 13.2 Å². The molecule has 0 N–H and O–H groups in total. The van der Waals surface area contributed by atoms with E-state index in [1.165, 1.54) is 36.7 Å². The number of para-hydroxylation sites is 1. The Balaban J connectivity index is 2.15. The Labute approximate surface area is 152 Å². The lowest BCUT2D eigenvalue weighted by Gasteiger charge is -2.25. The van der Waals surface area contributed by atoms with Crippen molar-refractivity contribution in [3.8, 4) is 11.5 Å². The summed E-state index contributed by atoms with van der Waals surface area (Å²) in [5.41, 5.74) is 0.344. The fraction of sp³-hybridized carbons (Fsp3) is 0.278. The van der Waals surface area contributed by atoms with Crippen molar-refractivity contribution >= 4 is 21.7 Å². The van der Waals surface area contributed by atoms with Crippen LogP contribution in [-0.4, -0.2) is 41.8 Å². The quantitative estimate of drug-likeness (QED) is 0.762. The molecule has 1 heterocycles. The van der Waals surface area contributed by atoms with Crippen molar-refractivity contribution in [2.45, 2.75) is 11.3 Å². The summed E-state index contributed by atoms with van der Waals surface area (Å²) < 4.78 is 43.2. The van der Waals surface area contributed by atoms with Crippen molar-refractivity contribution < 1.29 is 27.4 Å². The van der Waals surface area contributed by atoms with E-state index in [1.807, 2.05) is 0 Å². The Morgan fingerprint density at radius 2 is 1.85 bits per heavy atom. The van der Waals surface area contributed by atoms with Gasteiger partial charge in [0.05, 0.1) is 31.3 Å². The number of carbonyl (C=O) groups excluding carboxylic acids is 1. The van der Waals surface area contributed by atoms with Crippen LogP contribution in [-0.2, 0) is 14.8 Å². The molecular weight excluding hydrogens is 358 g/mol. The fourth-order valence-corrected chi connectivity index (χ4v) is 4.32. The molecule has 26 heavy (non-hydrogen) atoms. The Morgan fingerprint density at radius 3 is 2.50 bits per heavy atom. The van der Waals surface area contributed by atoms with Gasteiger partial charge in [-0.3, -0.25) is 4.31 Å². The molecule has 1 aliphatic heterocycles. The third-order valence-electron chi connectivity index (χ3n) is 4.06. The summed E-state index contributed by atoms with van der Waals surface area (Å²) in [5, 5.41) is 0. The predicted molar refractivity (Wildman–Crippen MR) is 95.4 cm³/mol. The zero-order valence-corrected chi connectivity index (χ0v) is 15.3. The number of nitrogens with zero attached hydrogens (tertiary/aromatic N) is 1. The van der Waals surface area contributed by atoms with Gasteiger partial charge in [-0.2, -0.15) is 0 Å². The van der Waals surface area contributed by atoms with Crippen LogP contribution in [0.15, 0.2) is 47.4 Å². The first kappa shape index (κ1) is 18.1. The van der Waals surface area contributed by atoms with Crippen molar-refractivity contribution in [1.29, 1.82) is 0 Å². The van der Waals surface area contributed by atoms with Crippen LogP contribution in [0.1, 0.15) is 16.8 Å². The minimum absolute atomic E-state index is 0.103. The first-order valence-electron chi connectivity index (χ1n) is 8.00. The Bertz CT molecular complexity index is 908. The number of anilines is 1. The van der Waals surface area contributed by atoms with Crippen LogP contribution in [0.25, 0.3) is 0 Å². The summed E-state index contributed by atoms with van der Waals surface area (Å²) in [4.78, 5) is 12.3. The van der Waals surface area contributed by atoms with Crippen LogP contribution in [0.4, 0.5) is 5.69 Å². The number of ether oxygens (including phenoxy) is 3. The van der Waals surface area contributed by atoms with Crippen molar-refractivity contribution in [2.24, 2.45) is 0 Å². The van der Waals surface area contributed by atoms with Crippen molar-refractivity contribution in [3.63, 3.8) is 0 Å². The van der Waals surface area contributed by atoms with Crippen LogP contribution < -0.4 is 13.8 Å². The average molecular weight is 377 g/mol. The van der Waals surface area contributed by atoms with Gasteiger partial charge in [-0.15, -0.1) is 0 Å². The van der Waals surface area contributed by atoms with Crippen molar-refractivity contribution in [1.82, 2.24) is 0 Å². The molecule has 0 saturated heterocycles. The predicted octanol–water partition coefficient (Wildman–Crippen LogP) is 2.46. The van der Waals surface area contributed by atoms with Gasteiger partial charge >= 0.3 is 5.97 Å². The Hall–Kier alpha value is -2.74. The van der Waals surface area contributed by atoms with Crippen LogP contribution >= 0.6 is 0 Å². The molecule has 0 radical (unpaired) electrons. The SMILES string of the molecule is COC(=O)c1cccc2c1N(S(=O)(=O)c1ccc(OC)cc1)CCCO2. The molecular formula is C18H19NO6S. The maximum absolute atomic E-state index is 13.2. The molecule has 0 spiro atoms. The first-order chi connectivity index (χ1) is 12.5. The fourth-order valence-electron chi connectivity index (χ4n) is 2.79. The average Bonchev–Trinajstić information content (AvgIpc) is 2.90. The van der Waals surface area contributed by atoms with Crippen LogP contribution in [0.3, 0.4) is 0 Å². The van der Waals surface area contributed by atoms with Gasteiger partial charge in [0.15, 0.2) is 0 Å². The molecule has 2 aromatic carbocycles. The minimum atomic E-state index is -3.90. The molecule has 7 nitrogen and oxygen atoms in total. The molecule has 138 valence electrons. The summed E-state index contributed by atoms with van der Waals surface area (Å²) in [6, 6.07) is 10.9. The molecule has 0 unspecified atom stereocenters. The lowest BCUT2D eigenvalue weighted by Crippen LogP contribution is -2.33. The van der Waals surface area contributed by atoms with Crippen LogP contribution in [0, 0.1) is 0 Å². The maximum Gasteiger partial charge on any atom is 0.340 e. The highest BCUT2D eigenvalue weighted by molar-refractivity contribution is 7.92. The topological polar surface area (TPSA) is 82.1 Å². The van der Waals surface area contributed by atoms with E-state index in [4.69, 9.17) is 14.2 Å². The highest BCUT2D eigenvalue weighted by Crippen LogP contribution is 2.38. The zero-order chi connectivity index (χ0) is 18.7. The van der Waals surface area contributed by atoms with E-state index in [-0.39, 0.29) is 22.7 Å². The number of hydrogen-bond donors (Lipinski definition) is 0. The van der Waals surface area contributed by atoms with Crippen molar-refractivity contribution in [3.05, 3.63) is 48.0 Å². The number of benzene rings is 2. The second-order valence-corrected chi connectivity index (χ2v) is 7.46. The zero-order valence-electron chi connectivity index (χ0n) is 14.5. The molecule has 0 saturated carbocycles. The lowest BCUT2D eigenvalue weighted by atomic mass is 10.1. The summed E-state index contributed by atoms with van der Waals surface area (Å²) in [5.74, 6) is 0.267. The molecule has 8 heteroatoms. The number of methoxy groups -OCH3 is 2. The Kier molecular flexibility index (Phi) is 5.03. The summed E-state index contributed by atoms with van der Waals surface area (Å²) >= 11 is 0. The third-order valence-corrected chi connectivity index (χ3v) is 5.88. The van der Waals surface area contributed by atoms with Gasteiger partial charge in [-0.05, 0) is 36.4 Å². The lowest BCUT2D eigenvalue weighted by molar-refractivity contribution is 0.0601. The molecule has 0 aromatic heterocycles. The summed E-state index contributed by atoms with van der Waals surface area (Å²) in [6.07, 6.45) is 0.491. The number of hydrogen-bond acceptors (Lipinski definition) is 6. The molecule has 1 aliphatic rings. The highest BCUT2D eigenvalue weighted by Gasteiger charge is 2.32. The summed E-state index contributed by atoms with van der Waals surface area (Å²) in [6.45, 7) is 0.543. The largest absolute Gasteiger partial charge is 0.497 e. The van der Waals surface area contributed by atoms with Crippen LogP contribution in [0.5, 0.6) is 11.5 Å². The van der Waals surface area contributed by atoms with Gasteiger partial charge in [0.2, 0.25) is 0 Å². The van der Waals surface area contributed by atoms with Gasteiger partial charge in [0.1, 0.15) is 17.2 Å². The monoisotopic (exact) mass is 377 g/mol. The second kappa shape index (κ2) is 7.25. The number of fused-ring (bicyclic) bond motifs is 1. The first-order valence-corrected chi connectivity index (χ1v) is 9.44. The Morgan fingerprint density at radius 1 is 1.12 bits per heavy atom.